The van der Waals surface area contributed by atoms with Crippen molar-refractivity contribution in [1.29, 1.82) is 0 Å². The third-order valence-corrected chi connectivity index (χ3v) is 6.09. The van der Waals surface area contributed by atoms with Crippen molar-refractivity contribution >= 4 is 34.6 Å². The summed E-state index contributed by atoms with van der Waals surface area (Å²) in [6, 6.07) is 24.3. The third kappa shape index (κ3) is 4.11. The summed E-state index contributed by atoms with van der Waals surface area (Å²) in [5, 5.41) is 16.6. The van der Waals surface area contributed by atoms with Gasteiger partial charge in [-0.2, -0.15) is 0 Å². The first-order valence-electron chi connectivity index (χ1n) is 10.9. The summed E-state index contributed by atoms with van der Waals surface area (Å²) in [6.07, 6.45) is 3.78. The van der Waals surface area contributed by atoms with Gasteiger partial charge in [0, 0.05) is 42.1 Å². The van der Waals surface area contributed by atoms with Crippen LogP contribution in [0.4, 0.5) is 11.4 Å². The third-order valence-electron chi connectivity index (χ3n) is 5.78. The first-order chi connectivity index (χ1) is 16.5. The van der Waals surface area contributed by atoms with Crippen molar-refractivity contribution in [2.24, 2.45) is 0 Å². The minimum atomic E-state index is -0.196. The molecule has 3 N–H and O–H groups in total. The second-order valence-corrected chi connectivity index (χ2v) is 8.43. The minimum absolute atomic E-state index is 0.120. The highest BCUT2D eigenvalue weighted by Crippen LogP contribution is 2.42. The van der Waals surface area contributed by atoms with E-state index in [0.29, 0.717) is 5.11 Å². The molecule has 0 saturated carbocycles. The van der Waals surface area contributed by atoms with Gasteiger partial charge in [0.05, 0.1) is 11.7 Å². The number of rotatable bonds is 5. The number of carbonyl (C=O) groups excluding carboxylic acids is 1. The van der Waals surface area contributed by atoms with E-state index in [0.717, 1.165) is 28.5 Å². The molecule has 34 heavy (non-hydrogen) atoms. The Morgan fingerprint density at radius 3 is 2.41 bits per heavy atom. The largest absolute Gasteiger partial charge is 0.508 e. The van der Waals surface area contributed by atoms with E-state index < -0.39 is 0 Å². The summed E-state index contributed by atoms with van der Waals surface area (Å²) < 4.78 is 2.09. The zero-order valence-electron chi connectivity index (χ0n) is 18.4. The van der Waals surface area contributed by atoms with Crippen molar-refractivity contribution in [1.82, 2.24) is 14.9 Å². The highest BCUT2D eigenvalue weighted by atomic mass is 32.1. The number of benzene rings is 2. The lowest BCUT2D eigenvalue weighted by atomic mass is 10.0. The molecule has 2 atom stereocenters. The van der Waals surface area contributed by atoms with Gasteiger partial charge in [-0.15, -0.1) is 0 Å². The molecule has 1 aliphatic rings. The van der Waals surface area contributed by atoms with Gasteiger partial charge in [-0.3, -0.25) is 9.78 Å². The van der Waals surface area contributed by atoms with E-state index in [2.05, 4.69) is 31.2 Å². The number of nitrogens with one attached hydrogen (secondary N) is 2. The molecule has 0 unspecified atom stereocenters. The van der Waals surface area contributed by atoms with Crippen LogP contribution in [-0.2, 0) is 4.79 Å². The van der Waals surface area contributed by atoms with Crippen molar-refractivity contribution in [3.63, 3.8) is 0 Å². The van der Waals surface area contributed by atoms with Crippen LogP contribution in [0.1, 0.15) is 30.4 Å². The number of hydrogen-bond donors (Lipinski definition) is 3. The van der Waals surface area contributed by atoms with Gasteiger partial charge in [0.25, 0.3) is 0 Å². The van der Waals surface area contributed by atoms with Crippen molar-refractivity contribution in [2.45, 2.75) is 19.0 Å². The maximum atomic E-state index is 11.4. The van der Waals surface area contributed by atoms with E-state index in [1.165, 1.54) is 6.92 Å². The predicted molar refractivity (Wildman–Crippen MR) is 136 cm³/mol. The van der Waals surface area contributed by atoms with E-state index >= 15 is 0 Å². The Kier molecular flexibility index (Phi) is 5.73. The van der Waals surface area contributed by atoms with Gasteiger partial charge >= 0.3 is 0 Å². The normalized spacial score (nSPS) is 17.4. The van der Waals surface area contributed by atoms with E-state index in [9.17, 15) is 9.90 Å². The van der Waals surface area contributed by atoms with Crippen LogP contribution in [0.2, 0.25) is 0 Å². The zero-order valence-corrected chi connectivity index (χ0v) is 19.2. The molecule has 1 fully saturated rings. The number of phenols is 1. The molecule has 3 heterocycles. The van der Waals surface area contributed by atoms with Crippen molar-refractivity contribution in [3.8, 4) is 11.4 Å². The molecule has 0 bridgehead atoms. The molecule has 5 rings (SSSR count). The molecule has 0 radical (unpaired) electrons. The van der Waals surface area contributed by atoms with Crippen LogP contribution in [-0.4, -0.2) is 25.7 Å². The van der Waals surface area contributed by atoms with E-state index in [-0.39, 0.29) is 23.7 Å². The molecular formula is C26H23N5O2S. The number of aromatic nitrogens is 2. The smallest absolute Gasteiger partial charge is 0.221 e. The quantitative estimate of drug-likeness (QED) is 0.367. The standard InChI is InChI=1S/C26H23N5O2S/c1-17(32)28-18-7-9-20(10-8-18)31-25(24(29-26(31)34)22-5-2-3-15-27-22)23-6-4-16-30(23)19-11-13-21(33)14-12-19/h2-16,24-25,33H,1H3,(H,28,32)(H,29,34)/t24-,25-/m0/s1. The summed E-state index contributed by atoms with van der Waals surface area (Å²) in [5.74, 6) is 0.0966. The Morgan fingerprint density at radius 1 is 1.00 bits per heavy atom. The Hall–Kier alpha value is -4.17. The predicted octanol–water partition coefficient (Wildman–Crippen LogP) is 4.71. The second kappa shape index (κ2) is 8.99. The number of nitrogens with zero attached hydrogens (tertiary/aromatic N) is 3. The number of anilines is 2. The minimum Gasteiger partial charge on any atom is -0.508 e. The Labute approximate surface area is 202 Å². The summed E-state index contributed by atoms with van der Waals surface area (Å²) in [6.45, 7) is 1.48. The van der Waals surface area contributed by atoms with Crippen LogP contribution in [0.15, 0.2) is 91.3 Å². The van der Waals surface area contributed by atoms with Crippen LogP contribution < -0.4 is 15.5 Å². The van der Waals surface area contributed by atoms with Crippen LogP contribution in [0.25, 0.3) is 5.69 Å². The lowest BCUT2D eigenvalue weighted by molar-refractivity contribution is -0.114. The van der Waals surface area contributed by atoms with Gasteiger partial charge in [-0.05, 0) is 85.0 Å². The number of hydrogen-bond acceptors (Lipinski definition) is 4. The molecular weight excluding hydrogens is 446 g/mol. The van der Waals surface area contributed by atoms with Crippen molar-refractivity contribution in [3.05, 3.63) is 103 Å². The van der Waals surface area contributed by atoms with Crippen LogP contribution in [0, 0.1) is 0 Å². The Morgan fingerprint density at radius 2 is 1.74 bits per heavy atom. The average molecular weight is 470 g/mol. The Balaban J connectivity index is 1.61. The number of phenolic OH excluding ortho intramolecular Hbond substituents is 1. The highest BCUT2D eigenvalue weighted by Gasteiger charge is 2.42. The summed E-state index contributed by atoms with van der Waals surface area (Å²) in [7, 11) is 0. The molecule has 0 spiro atoms. The second-order valence-electron chi connectivity index (χ2n) is 8.04. The molecule has 4 aromatic rings. The van der Waals surface area contributed by atoms with E-state index in [1.54, 1.807) is 18.3 Å². The molecule has 0 aliphatic carbocycles. The summed E-state index contributed by atoms with van der Waals surface area (Å²) in [5.41, 5.74) is 4.44. The first-order valence-corrected chi connectivity index (χ1v) is 11.3. The van der Waals surface area contributed by atoms with Gasteiger partial charge in [-0.1, -0.05) is 6.07 Å². The molecule has 2 aromatic heterocycles. The van der Waals surface area contributed by atoms with Gasteiger partial charge in [0.2, 0.25) is 5.91 Å². The molecule has 1 saturated heterocycles. The monoisotopic (exact) mass is 469 g/mol. The van der Waals surface area contributed by atoms with Gasteiger partial charge < -0.3 is 25.2 Å². The number of thiocarbonyl (C=S) groups is 1. The summed E-state index contributed by atoms with van der Waals surface area (Å²) >= 11 is 5.81. The van der Waals surface area contributed by atoms with Crippen LogP contribution in [0.3, 0.4) is 0 Å². The van der Waals surface area contributed by atoms with Crippen molar-refractivity contribution in [2.75, 3.05) is 10.2 Å². The molecule has 1 aliphatic heterocycles. The lowest BCUT2D eigenvalue weighted by Gasteiger charge is -2.29. The van der Waals surface area contributed by atoms with Crippen molar-refractivity contribution < 1.29 is 9.90 Å². The maximum Gasteiger partial charge on any atom is 0.221 e. The highest BCUT2D eigenvalue weighted by molar-refractivity contribution is 7.80. The van der Waals surface area contributed by atoms with Crippen LogP contribution in [0.5, 0.6) is 5.75 Å². The molecule has 1 amide bonds. The topological polar surface area (TPSA) is 82.4 Å². The fourth-order valence-corrected chi connectivity index (χ4v) is 4.67. The number of pyridine rings is 1. The first kappa shape index (κ1) is 21.7. The summed E-state index contributed by atoms with van der Waals surface area (Å²) in [4.78, 5) is 18.1. The molecule has 2 aromatic carbocycles. The fourth-order valence-electron chi connectivity index (χ4n) is 4.33. The molecule has 7 nitrogen and oxygen atoms in total. The van der Waals surface area contributed by atoms with Gasteiger partial charge in [0.15, 0.2) is 5.11 Å². The zero-order chi connectivity index (χ0) is 23.7. The fraction of sp³-hybridized carbons (Fsp3) is 0.115. The van der Waals surface area contributed by atoms with E-state index in [1.807, 2.05) is 66.9 Å². The van der Waals surface area contributed by atoms with E-state index in [4.69, 9.17) is 12.2 Å². The van der Waals surface area contributed by atoms with Crippen LogP contribution >= 0.6 is 12.2 Å². The average Bonchev–Trinajstić information content (AvgIpc) is 3.45. The number of aromatic hydroxyl groups is 1. The SMILES string of the molecule is CC(=O)Nc1ccc(N2C(=S)N[C@@H](c3ccccn3)[C@@H]2c2cccn2-c2ccc(O)cc2)cc1. The molecule has 8 heteroatoms. The number of carbonyl (C=O) groups is 1. The lowest BCUT2D eigenvalue weighted by Crippen LogP contribution is -2.30. The molecule has 170 valence electrons. The Bertz CT molecular complexity index is 1320. The maximum absolute atomic E-state index is 11.4. The van der Waals surface area contributed by atoms with Gasteiger partial charge in [-0.25, -0.2) is 0 Å². The number of amides is 1. The van der Waals surface area contributed by atoms with Gasteiger partial charge in [0.1, 0.15) is 11.8 Å².